The van der Waals surface area contributed by atoms with Crippen molar-refractivity contribution >= 4 is 11.9 Å². The molecule has 0 saturated heterocycles. The first-order chi connectivity index (χ1) is 9.75. The van der Waals surface area contributed by atoms with E-state index in [4.69, 9.17) is 9.26 Å². The van der Waals surface area contributed by atoms with Crippen LogP contribution in [-0.4, -0.2) is 35.2 Å². The number of carbonyl (C=O) groups excluding carboxylic acids is 2. The Bertz CT molecular complexity index is 491. The molecule has 1 amide bonds. The fourth-order valence-electron chi connectivity index (χ4n) is 1.48. The van der Waals surface area contributed by atoms with Crippen molar-refractivity contribution in [2.45, 2.75) is 41.0 Å². The Labute approximate surface area is 124 Å². The molecule has 1 rings (SSSR count). The zero-order chi connectivity index (χ0) is 16.0. The molecule has 118 valence electrons. The van der Waals surface area contributed by atoms with Crippen LogP contribution in [0.25, 0.3) is 0 Å². The van der Waals surface area contributed by atoms with Crippen LogP contribution in [0.4, 0.5) is 0 Å². The first kappa shape index (κ1) is 17.1. The average Bonchev–Trinajstić information content (AvgIpc) is 2.85. The highest BCUT2D eigenvalue weighted by Crippen LogP contribution is 2.25. The Balaban J connectivity index is 2.43. The molecule has 0 saturated carbocycles. The molecule has 1 N–H and O–H groups in total. The maximum absolute atomic E-state index is 11.9. The molecular formula is C14H23N3O4. The van der Waals surface area contributed by atoms with E-state index in [1.54, 1.807) is 6.92 Å². The Morgan fingerprint density at radius 3 is 2.62 bits per heavy atom. The number of ether oxygens (including phenoxy) is 1. The summed E-state index contributed by atoms with van der Waals surface area (Å²) in [5.41, 5.74) is -0.0900. The molecular weight excluding hydrogens is 274 g/mol. The van der Waals surface area contributed by atoms with Gasteiger partial charge in [0, 0.05) is 18.9 Å². The van der Waals surface area contributed by atoms with Gasteiger partial charge in [-0.3, -0.25) is 4.79 Å². The third-order valence-corrected chi connectivity index (χ3v) is 3.26. The fraction of sp³-hybridized carbons (Fsp3) is 0.714. The molecule has 7 nitrogen and oxygen atoms in total. The van der Waals surface area contributed by atoms with Gasteiger partial charge in [-0.15, -0.1) is 0 Å². The number of nitrogens with one attached hydrogen (secondary N) is 1. The molecule has 0 radical (unpaired) electrons. The second kappa shape index (κ2) is 7.19. The monoisotopic (exact) mass is 297 g/mol. The van der Waals surface area contributed by atoms with Crippen LogP contribution in [0.3, 0.4) is 0 Å². The van der Waals surface area contributed by atoms with Crippen LogP contribution < -0.4 is 5.32 Å². The quantitative estimate of drug-likeness (QED) is 0.801. The van der Waals surface area contributed by atoms with E-state index in [0.29, 0.717) is 18.8 Å². The van der Waals surface area contributed by atoms with Gasteiger partial charge in [0.2, 0.25) is 5.91 Å². The summed E-state index contributed by atoms with van der Waals surface area (Å²) >= 11 is 0. The Hall–Kier alpha value is -1.92. The van der Waals surface area contributed by atoms with E-state index in [1.807, 2.05) is 27.7 Å². The van der Waals surface area contributed by atoms with Gasteiger partial charge < -0.3 is 14.6 Å². The molecule has 7 heteroatoms. The highest BCUT2D eigenvalue weighted by molar-refractivity contribution is 5.84. The molecule has 21 heavy (non-hydrogen) atoms. The molecule has 1 aromatic heterocycles. The van der Waals surface area contributed by atoms with Crippen LogP contribution >= 0.6 is 0 Å². The molecule has 0 fully saturated rings. The Morgan fingerprint density at radius 1 is 1.38 bits per heavy atom. The highest BCUT2D eigenvalue weighted by Gasteiger charge is 2.26. The molecule has 0 bridgehead atoms. The number of hydrogen-bond acceptors (Lipinski definition) is 6. The fourth-order valence-corrected chi connectivity index (χ4v) is 1.48. The number of carbonyl (C=O) groups is 2. The lowest BCUT2D eigenvalue weighted by molar-refractivity contribution is -0.127. The maximum Gasteiger partial charge on any atom is 0.397 e. The summed E-state index contributed by atoms with van der Waals surface area (Å²) in [6, 6.07) is 0. The second-order valence-corrected chi connectivity index (χ2v) is 5.86. The number of nitrogens with zero attached hydrogens (tertiary/aromatic N) is 2. The first-order valence-electron chi connectivity index (χ1n) is 7.03. The topological polar surface area (TPSA) is 94.3 Å². The van der Waals surface area contributed by atoms with Gasteiger partial charge >= 0.3 is 11.9 Å². The van der Waals surface area contributed by atoms with Crippen LogP contribution in [0.1, 0.15) is 51.1 Å². The normalized spacial score (nSPS) is 12.8. The summed E-state index contributed by atoms with van der Waals surface area (Å²) in [4.78, 5) is 27.2. The van der Waals surface area contributed by atoms with Gasteiger partial charge in [0.25, 0.3) is 0 Å². The highest BCUT2D eigenvalue weighted by atomic mass is 16.6. The predicted molar refractivity (Wildman–Crippen MR) is 75.6 cm³/mol. The van der Waals surface area contributed by atoms with E-state index in [9.17, 15) is 9.59 Å². The van der Waals surface area contributed by atoms with Crippen LogP contribution in [0.2, 0.25) is 0 Å². The van der Waals surface area contributed by atoms with Crippen LogP contribution in [0, 0.1) is 11.3 Å². The lowest BCUT2D eigenvalue weighted by Crippen LogP contribution is -2.37. The van der Waals surface area contributed by atoms with Crippen molar-refractivity contribution in [1.29, 1.82) is 0 Å². The zero-order valence-corrected chi connectivity index (χ0v) is 13.2. The van der Waals surface area contributed by atoms with Gasteiger partial charge in [0.05, 0.1) is 6.61 Å². The summed E-state index contributed by atoms with van der Waals surface area (Å²) in [5, 5.41) is 6.50. The minimum atomic E-state index is -0.637. The number of rotatable bonds is 6. The lowest BCUT2D eigenvalue weighted by Gasteiger charge is -2.25. The minimum absolute atomic E-state index is 0.0170. The van der Waals surface area contributed by atoms with Crippen LogP contribution in [-0.2, 0) is 16.0 Å². The Kier molecular flexibility index (Phi) is 5.87. The van der Waals surface area contributed by atoms with Crippen LogP contribution in [0.5, 0.6) is 0 Å². The summed E-state index contributed by atoms with van der Waals surface area (Å²) in [5.74, 6) is -0.556. The summed E-state index contributed by atoms with van der Waals surface area (Å²) < 4.78 is 9.54. The molecule has 0 aliphatic carbocycles. The van der Waals surface area contributed by atoms with Gasteiger partial charge in [0.15, 0.2) is 5.82 Å². The van der Waals surface area contributed by atoms with Crippen molar-refractivity contribution in [1.82, 2.24) is 15.5 Å². The van der Waals surface area contributed by atoms with Gasteiger partial charge in [-0.2, -0.15) is 4.98 Å². The van der Waals surface area contributed by atoms with Crippen molar-refractivity contribution in [3.8, 4) is 0 Å². The number of amides is 1. The summed E-state index contributed by atoms with van der Waals surface area (Å²) in [6.07, 6.45) is 0.394. The van der Waals surface area contributed by atoms with E-state index < -0.39 is 5.97 Å². The van der Waals surface area contributed by atoms with Gasteiger partial charge in [0.1, 0.15) is 0 Å². The maximum atomic E-state index is 11.9. The van der Waals surface area contributed by atoms with E-state index in [-0.39, 0.29) is 29.7 Å². The molecule has 1 atom stereocenters. The van der Waals surface area contributed by atoms with Crippen molar-refractivity contribution < 1.29 is 18.8 Å². The van der Waals surface area contributed by atoms with Crippen molar-refractivity contribution in [3.05, 3.63) is 11.7 Å². The third kappa shape index (κ3) is 5.17. The third-order valence-electron chi connectivity index (χ3n) is 3.26. The predicted octanol–water partition coefficient (Wildman–Crippen LogP) is 1.59. The van der Waals surface area contributed by atoms with E-state index in [1.165, 1.54) is 0 Å². The summed E-state index contributed by atoms with van der Waals surface area (Å²) in [6.45, 7) is 10.3. The smallest absolute Gasteiger partial charge is 0.397 e. The molecule has 1 heterocycles. The van der Waals surface area contributed by atoms with E-state index in [2.05, 4.69) is 15.5 Å². The zero-order valence-electron chi connectivity index (χ0n) is 13.2. The summed E-state index contributed by atoms with van der Waals surface area (Å²) in [7, 11) is 0. The van der Waals surface area contributed by atoms with Gasteiger partial charge in [-0.05, 0) is 12.3 Å². The molecule has 0 aromatic carbocycles. The molecule has 0 aliphatic heterocycles. The second-order valence-electron chi connectivity index (χ2n) is 5.86. The lowest BCUT2D eigenvalue weighted by atomic mass is 9.81. The molecule has 0 aliphatic rings. The Morgan fingerprint density at radius 2 is 2.05 bits per heavy atom. The SMILES string of the molecule is CCOC(=O)c1nc(CCNC(=O)C(C)C(C)(C)C)no1. The van der Waals surface area contributed by atoms with Crippen molar-refractivity contribution in [2.24, 2.45) is 11.3 Å². The molecule has 0 spiro atoms. The molecule has 1 unspecified atom stereocenters. The largest absolute Gasteiger partial charge is 0.459 e. The van der Waals surface area contributed by atoms with Crippen molar-refractivity contribution in [3.63, 3.8) is 0 Å². The van der Waals surface area contributed by atoms with Crippen molar-refractivity contribution in [2.75, 3.05) is 13.2 Å². The average molecular weight is 297 g/mol. The van der Waals surface area contributed by atoms with Gasteiger partial charge in [-0.25, -0.2) is 4.79 Å². The van der Waals surface area contributed by atoms with Gasteiger partial charge in [-0.1, -0.05) is 32.9 Å². The number of hydrogen-bond donors (Lipinski definition) is 1. The minimum Gasteiger partial charge on any atom is -0.459 e. The number of aromatic nitrogens is 2. The van der Waals surface area contributed by atoms with E-state index >= 15 is 0 Å². The first-order valence-corrected chi connectivity index (χ1v) is 7.03. The standard InChI is InChI=1S/C14H23N3O4/c1-6-20-13(19)12-16-10(17-21-12)7-8-15-11(18)9(2)14(3,4)5/h9H,6-8H2,1-5H3,(H,15,18). The number of esters is 1. The van der Waals surface area contributed by atoms with E-state index in [0.717, 1.165) is 0 Å². The molecule has 1 aromatic rings. The van der Waals surface area contributed by atoms with Crippen LogP contribution in [0.15, 0.2) is 4.52 Å².